The second kappa shape index (κ2) is 5.40. The zero-order valence-electron chi connectivity index (χ0n) is 8.29. The van der Waals surface area contributed by atoms with E-state index in [1.807, 2.05) is 25.1 Å². The van der Waals surface area contributed by atoms with Crippen molar-refractivity contribution < 1.29 is 9.90 Å². The predicted molar refractivity (Wildman–Crippen MR) is 55.2 cm³/mol. The third kappa shape index (κ3) is 2.85. The van der Waals surface area contributed by atoms with Crippen molar-refractivity contribution in [2.45, 2.75) is 13.3 Å². The summed E-state index contributed by atoms with van der Waals surface area (Å²) in [7, 11) is 0. The SMILES string of the molecule is Cc1ccccc1C(=O)NCCCO. The molecule has 3 heteroatoms. The lowest BCUT2D eigenvalue weighted by atomic mass is 10.1. The van der Waals surface area contributed by atoms with Crippen LogP contribution in [0.2, 0.25) is 0 Å². The summed E-state index contributed by atoms with van der Waals surface area (Å²) in [5.74, 6) is -0.0726. The van der Waals surface area contributed by atoms with Crippen molar-refractivity contribution in [3.05, 3.63) is 35.4 Å². The number of rotatable bonds is 4. The minimum atomic E-state index is -0.0726. The Morgan fingerprint density at radius 2 is 2.14 bits per heavy atom. The lowest BCUT2D eigenvalue weighted by molar-refractivity contribution is 0.0950. The number of carbonyl (C=O) groups excluding carboxylic acids is 1. The Labute approximate surface area is 83.8 Å². The zero-order valence-corrected chi connectivity index (χ0v) is 8.29. The molecule has 1 aromatic rings. The number of amides is 1. The van der Waals surface area contributed by atoms with Crippen molar-refractivity contribution in [3.63, 3.8) is 0 Å². The van der Waals surface area contributed by atoms with Crippen LogP contribution in [0.1, 0.15) is 22.3 Å². The highest BCUT2D eigenvalue weighted by molar-refractivity contribution is 5.95. The minimum absolute atomic E-state index is 0.0726. The fourth-order valence-corrected chi connectivity index (χ4v) is 1.20. The first-order valence-electron chi connectivity index (χ1n) is 4.70. The second-order valence-corrected chi connectivity index (χ2v) is 3.15. The lowest BCUT2D eigenvalue weighted by Crippen LogP contribution is -2.25. The van der Waals surface area contributed by atoms with Crippen molar-refractivity contribution in [2.24, 2.45) is 0 Å². The monoisotopic (exact) mass is 193 g/mol. The largest absolute Gasteiger partial charge is 0.396 e. The number of aryl methyl sites for hydroxylation is 1. The molecule has 1 aromatic carbocycles. The van der Waals surface area contributed by atoms with Gasteiger partial charge in [0.15, 0.2) is 0 Å². The van der Waals surface area contributed by atoms with Gasteiger partial charge in [-0.25, -0.2) is 0 Å². The van der Waals surface area contributed by atoms with Gasteiger partial charge in [0.25, 0.3) is 5.91 Å². The molecular formula is C11H15NO2. The number of hydrogen-bond acceptors (Lipinski definition) is 2. The molecule has 0 bridgehead atoms. The summed E-state index contributed by atoms with van der Waals surface area (Å²) in [5, 5.41) is 11.3. The van der Waals surface area contributed by atoms with Crippen molar-refractivity contribution in [2.75, 3.05) is 13.2 Å². The van der Waals surface area contributed by atoms with Crippen LogP contribution in [-0.4, -0.2) is 24.2 Å². The molecule has 0 saturated carbocycles. The van der Waals surface area contributed by atoms with Gasteiger partial charge in [-0.05, 0) is 25.0 Å². The predicted octanol–water partition coefficient (Wildman–Crippen LogP) is 1.11. The normalized spacial score (nSPS) is 9.86. The minimum Gasteiger partial charge on any atom is -0.396 e. The summed E-state index contributed by atoms with van der Waals surface area (Å²) >= 11 is 0. The summed E-state index contributed by atoms with van der Waals surface area (Å²) in [6.07, 6.45) is 0.595. The Balaban J connectivity index is 2.56. The fraction of sp³-hybridized carbons (Fsp3) is 0.364. The van der Waals surface area contributed by atoms with Gasteiger partial charge in [0.1, 0.15) is 0 Å². The Morgan fingerprint density at radius 3 is 2.79 bits per heavy atom. The van der Waals surface area contributed by atoms with E-state index < -0.39 is 0 Å². The molecule has 1 amide bonds. The number of aliphatic hydroxyl groups is 1. The van der Waals surface area contributed by atoms with Gasteiger partial charge in [-0.3, -0.25) is 4.79 Å². The molecule has 1 rings (SSSR count). The molecule has 14 heavy (non-hydrogen) atoms. The molecule has 0 atom stereocenters. The molecule has 0 aliphatic carbocycles. The molecular weight excluding hydrogens is 178 g/mol. The summed E-state index contributed by atoms with van der Waals surface area (Å²) in [6, 6.07) is 7.44. The van der Waals surface area contributed by atoms with E-state index in [4.69, 9.17) is 5.11 Å². The summed E-state index contributed by atoms with van der Waals surface area (Å²) in [5.41, 5.74) is 1.67. The maximum atomic E-state index is 11.5. The smallest absolute Gasteiger partial charge is 0.251 e. The fourth-order valence-electron chi connectivity index (χ4n) is 1.20. The van der Waals surface area contributed by atoms with Gasteiger partial charge in [0.2, 0.25) is 0 Å². The zero-order chi connectivity index (χ0) is 10.4. The van der Waals surface area contributed by atoms with Crippen molar-refractivity contribution in [1.29, 1.82) is 0 Å². The van der Waals surface area contributed by atoms with E-state index in [1.165, 1.54) is 0 Å². The van der Waals surface area contributed by atoms with E-state index in [2.05, 4.69) is 5.32 Å². The maximum Gasteiger partial charge on any atom is 0.251 e. The van der Waals surface area contributed by atoms with E-state index in [1.54, 1.807) is 6.07 Å². The van der Waals surface area contributed by atoms with Gasteiger partial charge in [-0.1, -0.05) is 18.2 Å². The molecule has 0 aliphatic heterocycles. The number of carbonyl (C=O) groups is 1. The number of hydrogen-bond donors (Lipinski definition) is 2. The molecule has 0 saturated heterocycles. The van der Waals surface area contributed by atoms with Crippen LogP contribution in [0.4, 0.5) is 0 Å². The second-order valence-electron chi connectivity index (χ2n) is 3.15. The van der Waals surface area contributed by atoms with E-state index in [0.29, 0.717) is 18.5 Å². The average molecular weight is 193 g/mol. The molecule has 0 unspecified atom stereocenters. The van der Waals surface area contributed by atoms with Crippen molar-refractivity contribution in [3.8, 4) is 0 Å². The molecule has 3 nitrogen and oxygen atoms in total. The van der Waals surface area contributed by atoms with E-state index in [-0.39, 0.29) is 12.5 Å². The third-order valence-electron chi connectivity index (χ3n) is 2.01. The molecule has 76 valence electrons. The third-order valence-corrected chi connectivity index (χ3v) is 2.01. The number of aliphatic hydroxyl groups excluding tert-OH is 1. The van der Waals surface area contributed by atoms with E-state index in [0.717, 1.165) is 5.56 Å². The Morgan fingerprint density at radius 1 is 1.43 bits per heavy atom. The highest BCUT2D eigenvalue weighted by Gasteiger charge is 2.06. The lowest BCUT2D eigenvalue weighted by Gasteiger charge is -2.06. The summed E-state index contributed by atoms with van der Waals surface area (Å²) in [4.78, 5) is 11.5. The van der Waals surface area contributed by atoms with Crippen LogP contribution in [0.25, 0.3) is 0 Å². The van der Waals surface area contributed by atoms with Crippen molar-refractivity contribution in [1.82, 2.24) is 5.32 Å². The first-order valence-corrected chi connectivity index (χ1v) is 4.70. The van der Waals surface area contributed by atoms with Gasteiger partial charge in [0, 0.05) is 18.7 Å². The Kier molecular flexibility index (Phi) is 4.13. The van der Waals surface area contributed by atoms with E-state index in [9.17, 15) is 4.79 Å². The molecule has 0 heterocycles. The molecule has 0 fully saturated rings. The van der Waals surface area contributed by atoms with Crippen molar-refractivity contribution >= 4 is 5.91 Å². The number of nitrogens with one attached hydrogen (secondary N) is 1. The van der Waals surface area contributed by atoms with Crippen LogP contribution in [0.5, 0.6) is 0 Å². The van der Waals surface area contributed by atoms with Crippen LogP contribution in [-0.2, 0) is 0 Å². The highest BCUT2D eigenvalue weighted by atomic mass is 16.3. The quantitative estimate of drug-likeness (QED) is 0.704. The first kappa shape index (κ1) is 10.7. The van der Waals surface area contributed by atoms with Gasteiger partial charge < -0.3 is 10.4 Å². The Bertz CT molecular complexity index is 310. The standard InChI is InChI=1S/C11H15NO2/c1-9-5-2-3-6-10(9)11(14)12-7-4-8-13/h2-3,5-6,13H,4,7-8H2,1H3,(H,12,14). The molecule has 2 N–H and O–H groups in total. The van der Waals surface area contributed by atoms with Gasteiger partial charge in [-0.2, -0.15) is 0 Å². The number of benzene rings is 1. The molecule has 0 aliphatic rings. The topological polar surface area (TPSA) is 49.3 Å². The highest BCUT2D eigenvalue weighted by Crippen LogP contribution is 2.06. The van der Waals surface area contributed by atoms with Gasteiger partial charge in [-0.15, -0.1) is 0 Å². The summed E-state index contributed by atoms with van der Waals surface area (Å²) < 4.78 is 0. The van der Waals surface area contributed by atoms with Crippen LogP contribution >= 0.6 is 0 Å². The summed E-state index contributed by atoms with van der Waals surface area (Å²) in [6.45, 7) is 2.53. The molecule has 0 aromatic heterocycles. The van der Waals surface area contributed by atoms with Crippen LogP contribution in [0, 0.1) is 6.92 Å². The Hall–Kier alpha value is -1.35. The average Bonchev–Trinajstić information content (AvgIpc) is 2.18. The first-order chi connectivity index (χ1) is 6.75. The van der Waals surface area contributed by atoms with E-state index >= 15 is 0 Å². The van der Waals surface area contributed by atoms with Gasteiger partial charge in [0.05, 0.1) is 0 Å². The van der Waals surface area contributed by atoms with Gasteiger partial charge >= 0.3 is 0 Å². The molecule has 0 spiro atoms. The molecule has 0 radical (unpaired) electrons. The van der Waals surface area contributed by atoms with Crippen LogP contribution < -0.4 is 5.32 Å². The maximum absolute atomic E-state index is 11.5. The van der Waals surface area contributed by atoms with Crippen LogP contribution in [0.15, 0.2) is 24.3 Å². The van der Waals surface area contributed by atoms with Crippen LogP contribution in [0.3, 0.4) is 0 Å².